The van der Waals surface area contributed by atoms with Gasteiger partial charge in [-0.1, -0.05) is 18.7 Å². The first-order chi connectivity index (χ1) is 7.03. The van der Waals surface area contributed by atoms with Crippen molar-refractivity contribution in [3.8, 4) is 0 Å². The number of pyridine rings is 1. The van der Waals surface area contributed by atoms with Gasteiger partial charge < -0.3 is 0 Å². The molecule has 15 heavy (non-hydrogen) atoms. The zero-order chi connectivity index (χ0) is 11.3. The highest BCUT2D eigenvalue weighted by Gasteiger charge is 2.06. The first kappa shape index (κ1) is 11.9. The Bertz CT molecular complexity index is 440. The van der Waals surface area contributed by atoms with Gasteiger partial charge in [0.2, 0.25) is 0 Å². The van der Waals surface area contributed by atoms with E-state index >= 15 is 0 Å². The summed E-state index contributed by atoms with van der Waals surface area (Å²) in [6, 6.07) is 3.66. The lowest BCUT2D eigenvalue weighted by molar-refractivity contribution is 0.481. The van der Waals surface area contributed by atoms with Gasteiger partial charge in [0.25, 0.3) is 10.1 Å². The second kappa shape index (κ2) is 5.04. The predicted octanol–water partition coefficient (Wildman–Crippen LogP) is 1.55. The van der Waals surface area contributed by atoms with Crippen LogP contribution in [0.4, 0.5) is 0 Å². The Morgan fingerprint density at radius 2 is 2.27 bits per heavy atom. The van der Waals surface area contributed by atoms with Crippen LogP contribution in [-0.4, -0.2) is 23.7 Å². The van der Waals surface area contributed by atoms with E-state index in [0.29, 0.717) is 12.8 Å². The van der Waals surface area contributed by atoms with Crippen molar-refractivity contribution >= 4 is 16.2 Å². The fourth-order valence-corrected chi connectivity index (χ4v) is 1.78. The minimum absolute atomic E-state index is 0.236. The van der Waals surface area contributed by atoms with E-state index in [4.69, 9.17) is 4.55 Å². The van der Waals surface area contributed by atoms with Crippen LogP contribution in [0, 0.1) is 0 Å². The lowest BCUT2D eigenvalue weighted by atomic mass is 10.1. The maximum Gasteiger partial charge on any atom is 0.264 e. The summed E-state index contributed by atoms with van der Waals surface area (Å²) in [6.07, 6.45) is 4.20. The van der Waals surface area contributed by atoms with Crippen LogP contribution >= 0.6 is 0 Å². The molecule has 0 aliphatic rings. The Balaban J connectivity index is 2.61. The maximum atomic E-state index is 10.5. The quantitative estimate of drug-likeness (QED) is 0.775. The smallest absolute Gasteiger partial charge is 0.264 e. The molecule has 0 fully saturated rings. The predicted molar refractivity (Wildman–Crippen MR) is 59.1 cm³/mol. The number of aromatic nitrogens is 1. The molecule has 0 unspecified atom stereocenters. The molecule has 0 aliphatic heterocycles. The van der Waals surface area contributed by atoms with Gasteiger partial charge in [-0.25, -0.2) is 0 Å². The Morgan fingerprint density at radius 1 is 1.53 bits per heavy atom. The molecule has 0 saturated heterocycles. The van der Waals surface area contributed by atoms with Crippen LogP contribution in [0.1, 0.15) is 17.7 Å². The lowest BCUT2D eigenvalue weighted by Crippen LogP contribution is -2.05. The molecule has 0 aromatic carbocycles. The second-order valence-electron chi connectivity index (χ2n) is 3.13. The van der Waals surface area contributed by atoms with Gasteiger partial charge >= 0.3 is 0 Å². The van der Waals surface area contributed by atoms with Crippen LogP contribution in [0.2, 0.25) is 0 Å². The molecule has 1 aromatic heterocycles. The van der Waals surface area contributed by atoms with Gasteiger partial charge in [-0.3, -0.25) is 9.54 Å². The highest BCUT2D eigenvalue weighted by molar-refractivity contribution is 7.85. The van der Waals surface area contributed by atoms with Crippen LogP contribution in [-0.2, 0) is 16.5 Å². The highest BCUT2D eigenvalue weighted by atomic mass is 32.2. The van der Waals surface area contributed by atoms with E-state index in [1.54, 1.807) is 18.3 Å². The normalized spacial score (nSPS) is 11.3. The summed E-state index contributed by atoms with van der Waals surface area (Å²) in [4.78, 5) is 4.12. The second-order valence-corrected chi connectivity index (χ2v) is 4.71. The van der Waals surface area contributed by atoms with Crippen LogP contribution in [0.3, 0.4) is 0 Å². The minimum Gasteiger partial charge on any atom is -0.286 e. The average Bonchev–Trinajstić information content (AvgIpc) is 2.16. The van der Waals surface area contributed by atoms with E-state index < -0.39 is 10.1 Å². The summed E-state index contributed by atoms with van der Waals surface area (Å²) in [5, 5.41) is 0. The summed E-state index contributed by atoms with van der Waals surface area (Å²) < 4.78 is 29.5. The van der Waals surface area contributed by atoms with Crippen LogP contribution in [0.15, 0.2) is 24.9 Å². The summed E-state index contributed by atoms with van der Waals surface area (Å²) in [5.41, 5.74) is 1.70. The molecule has 0 atom stereocenters. The molecular weight excluding hydrogens is 214 g/mol. The summed E-state index contributed by atoms with van der Waals surface area (Å²) in [7, 11) is -3.87. The largest absolute Gasteiger partial charge is 0.286 e. The van der Waals surface area contributed by atoms with E-state index in [1.807, 2.05) is 6.07 Å². The third-order valence-electron chi connectivity index (χ3n) is 1.96. The molecule has 0 spiro atoms. The molecule has 82 valence electrons. The van der Waals surface area contributed by atoms with E-state index in [2.05, 4.69) is 11.6 Å². The standard InChI is InChI=1S/C10H13NO3S/c1-2-9-5-3-7-11-10(9)6-4-8-15(12,13)14/h2-3,5,7H,1,4,6,8H2,(H,12,13,14). The number of nitrogens with zero attached hydrogens (tertiary/aromatic N) is 1. The maximum absolute atomic E-state index is 10.5. The summed E-state index contributed by atoms with van der Waals surface area (Å²) in [5.74, 6) is -0.236. The molecule has 0 aliphatic carbocycles. The summed E-state index contributed by atoms with van der Waals surface area (Å²) >= 11 is 0. The van der Waals surface area contributed by atoms with Crippen molar-refractivity contribution in [1.29, 1.82) is 0 Å². The van der Waals surface area contributed by atoms with Crippen molar-refractivity contribution < 1.29 is 13.0 Å². The Morgan fingerprint density at radius 3 is 2.87 bits per heavy atom. The molecule has 1 N–H and O–H groups in total. The lowest BCUT2D eigenvalue weighted by Gasteiger charge is -2.03. The monoisotopic (exact) mass is 227 g/mol. The van der Waals surface area contributed by atoms with Crippen molar-refractivity contribution in [3.63, 3.8) is 0 Å². The summed E-state index contributed by atoms with van der Waals surface area (Å²) in [6.45, 7) is 3.64. The first-order valence-corrected chi connectivity index (χ1v) is 6.15. The topological polar surface area (TPSA) is 67.3 Å². The number of rotatable bonds is 5. The number of aryl methyl sites for hydroxylation is 1. The third kappa shape index (κ3) is 4.22. The Hall–Kier alpha value is -1.20. The molecule has 5 heteroatoms. The zero-order valence-electron chi connectivity index (χ0n) is 8.26. The molecule has 0 bridgehead atoms. The first-order valence-electron chi connectivity index (χ1n) is 4.54. The number of hydrogen-bond donors (Lipinski definition) is 1. The molecule has 0 amide bonds. The van der Waals surface area contributed by atoms with Gasteiger partial charge in [0.05, 0.1) is 5.75 Å². The van der Waals surface area contributed by atoms with Gasteiger partial charge in [-0.2, -0.15) is 8.42 Å². The third-order valence-corrected chi connectivity index (χ3v) is 2.77. The molecule has 1 heterocycles. The molecular formula is C10H13NO3S. The van der Waals surface area contributed by atoms with Crippen molar-refractivity contribution in [2.24, 2.45) is 0 Å². The molecule has 1 aromatic rings. The van der Waals surface area contributed by atoms with E-state index in [0.717, 1.165) is 11.3 Å². The van der Waals surface area contributed by atoms with Gasteiger partial charge in [0.15, 0.2) is 0 Å². The molecule has 0 saturated carbocycles. The molecule has 0 radical (unpaired) electrons. The SMILES string of the molecule is C=Cc1cccnc1CCCS(=O)(=O)O. The molecule has 1 rings (SSSR count). The van der Waals surface area contributed by atoms with E-state index in [1.165, 1.54) is 0 Å². The van der Waals surface area contributed by atoms with Crippen LogP contribution < -0.4 is 0 Å². The van der Waals surface area contributed by atoms with Gasteiger partial charge in [0, 0.05) is 11.9 Å². The average molecular weight is 227 g/mol. The van der Waals surface area contributed by atoms with Gasteiger partial charge in [0.1, 0.15) is 0 Å². The Labute approximate surface area is 89.4 Å². The highest BCUT2D eigenvalue weighted by Crippen LogP contribution is 2.09. The van der Waals surface area contributed by atoms with Crippen molar-refractivity contribution in [1.82, 2.24) is 4.98 Å². The van der Waals surface area contributed by atoms with E-state index in [9.17, 15) is 8.42 Å². The van der Waals surface area contributed by atoms with Crippen molar-refractivity contribution in [2.75, 3.05) is 5.75 Å². The zero-order valence-corrected chi connectivity index (χ0v) is 9.07. The van der Waals surface area contributed by atoms with Crippen LogP contribution in [0.25, 0.3) is 6.08 Å². The minimum atomic E-state index is -3.87. The van der Waals surface area contributed by atoms with Crippen molar-refractivity contribution in [3.05, 3.63) is 36.2 Å². The van der Waals surface area contributed by atoms with Crippen LogP contribution in [0.5, 0.6) is 0 Å². The van der Waals surface area contributed by atoms with Crippen molar-refractivity contribution in [2.45, 2.75) is 12.8 Å². The van der Waals surface area contributed by atoms with Gasteiger partial charge in [-0.05, 0) is 24.5 Å². The number of hydrogen-bond acceptors (Lipinski definition) is 3. The van der Waals surface area contributed by atoms with Gasteiger partial charge in [-0.15, -0.1) is 0 Å². The fourth-order valence-electron chi connectivity index (χ4n) is 1.27. The van der Waals surface area contributed by atoms with E-state index in [-0.39, 0.29) is 5.75 Å². The Kier molecular flexibility index (Phi) is 3.99. The molecule has 4 nitrogen and oxygen atoms in total. The fraction of sp³-hybridized carbons (Fsp3) is 0.300.